The highest BCUT2D eigenvalue weighted by Gasteiger charge is 2.26. The van der Waals surface area contributed by atoms with Gasteiger partial charge in [-0.1, -0.05) is 11.8 Å². The molecule has 0 unspecified atom stereocenters. The molecule has 0 saturated heterocycles. The van der Waals surface area contributed by atoms with Crippen molar-refractivity contribution in [2.75, 3.05) is 5.73 Å². The minimum absolute atomic E-state index is 0.0788. The first-order valence-corrected chi connectivity index (χ1v) is 6.67. The molecule has 0 bridgehead atoms. The Labute approximate surface area is 109 Å². The summed E-state index contributed by atoms with van der Waals surface area (Å²) in [4.78, 5) is 19.9. The van der Waals surface area contributed by atoms with Crippen LogP contribution in [0.3, 0.4) is 0 Å². The fraction of sp³-hybridized carbons (Fsp3) is 0.231. The first-order valence-electron chi connectivity index (χ1n) is 5.85. The van der Waals surface area contributed by atoms with E-state index in [2.05, 4.69) is 9.97 Å². The summed E-state index contributed by atoms with van der Waals surface area (Å²) in [6, 6.07) is 9.08. The Bertz CT molecular complexity index is 617. The summed E-state index contributed by atoms with van der Waals surface area (Å²) in [5.74, 6) is 1.27. The van der Waals surface area contributed by atoms with Crippen molar-refractivity contribution in [3.63, 3.8) is 0 Å². The van der Waals surface area contributed by atoms with Gasteiger partial charge in [0, 0.05) is 22.6 Å². The van der Waals surface area contributed by atoms with Crippen molar-refractivity contribution >= 4 is 17.4 Å². The lowest BCUT2D eigenvalue weighted by Gasteiger charge is -2.03. The van der Waals surface area contributed by atoms with Crippen LogP contribution in [0.4, 0.5) is 5.69 Å². The third kappa shape index (κ3) is 2.56. The minimum atomic E-state index is -0.0788. The quantitative estimate of drug-likeness (QED) is 0.655. The van der Waals surface area contributed by atoms with Crippen LogP contribution < -0.4 is 11.3 Å². The van der Waals surface area contributed by atoms with Gasteiger partial charge < -0.3 is 10.7 Å². The number of nitrogens with one attached hydrogen (secondary N) is 1. The van der Waals surface area contributed by atoms with Crippen LogP contribution in [0.5, 0.6) is 0 Å². The zero-order valence-electron chi connectivity index (χ0n) is 9.72. The first-order chi connectivity index (χ1) is 8.70. The molecule has 1 fully saturated rings. The third-order valence-electron chi connectivity index (χ3n) is 2.80. The molecular formula is C13H13N3OS. The Balaban J connectivity index is 1.87. The molecule has 1 aliphatic carbocycles. The fourth-order valence-corrected chi connectivity index (χ4v) is 2.54. The van der Waals surface area contributed by atoms with Crippen LogP contribution in [0.25, 0.3) is 0 Å². The number of rotatable bonds is 3. The van der Waals surface area contributed by atoms with Crippen molar-refractivity contribution in [1.29, 1.82) is 0 Å². The van der Waals surface area contributed by atoms with Crippen molar-refractivity contribution in [1.82, 2.24) is 9.97 Å². The van der Waals surface area contributed by atoms with Gasteiger partial charge in [0.15, 0.2) is 0 Å². The van der Waals surface area contributed by atoms with Gasteiger partial charge in [-0.2, -0.15) is 0 Å². The number of benzene rings is 1. The van der Waals surface area contributed by atoms with Crippen molar-refractivity contribution in [2.24, 2.45) is 0 Å². The monoisotopic (exact) mass is 259 g/mol. The molecule has 1 saturated carbocycles. The molecule has 2 aromatic rings. The summed E-state index contributed by atoms with van der Waals surface area (Å²) < 4.78 is 0. The van der Waals surface area contributed by atoms with Gasteiger partial charge in [0.25, 0.3) is 5.56 Å². The number of hydrogen-bond donors (Lipinski definition) is 2. The summed E-state index contributed by atoms with van der Waals surface area (Å²) in [7, 11) is 0. The molecule has 0 amide bonds. The number of hydrogen-bond acceptors (Lipinski definition) is 4. The molecule has 0 aliphatic heterocycles. The lowest BCUT2D eigenvalue weighted by atomic mass is 10.3. The van der Waals surface area contributed by atoms with E-state index in [0.29, 0.717) is 5.92 Å². The largest absolute Gasteiger partial charge is 0.399 e. The van der Waals surface area contributed by atoms with E-state index in [4.69, 9.17) is 5.73 Å². The second kappa shape index (κ2) is 4.49. The molecule has 18 heavy (non-hydrogen) atoms. The molecule has 0 atom stereocenters. The highest BCUT2D eigenvalue weighted by molar-refractivity contribution is 7.99. The van der Waals surface area contributed by atoms with Gasteiger partial charge in [-0.25, -0.2) is 4.98 Å². The highest BCUT2D eigenvalue weighted by atomic mass is 32.2. The number of aromatic nitrogens is 2. The molecule has 3 rings (SSSR count). The summed E-state index contributed by atoms with van der Waals surface area (Å²) in [5, 5.41) is 0.741. The van der Waals surface area contributed by atoms with E-state index in [0.717, 1.165) is 34.3 Å². The van der Waals surface area contributed by atoms with E-state index in [9.17, 15) is 4.79 Å². The molecule has 1 aromatic heterocycles. The van der Waals surface area contributed by atoms with Gasteiger partial charge in [0.1, 0.15) is 10.9 Å². The van der Waals surface area contributed by atoms with E-state index >= 15 is 0 Å². The molecule has 0 spiro atoms. The second-order valence-corrected chi connectivity index (χ2v) is 5.51. The van der Waals surface area contributed by atoms with Crippen molar-refractivity contribution in [2.45, 2.75) is 28.7 Å². The zero-order valence-corrected chi connectivity index (χ0v) is 10.5. The average Bonchev–Trinajstić information content (AvgIpc) is 3.15. The topological polar surface area (TPSA) is 71.8 Å². The van der Waals surface area contributed by atoms with Gasteiger partial charge in [-0.3, -0.25) is 4.79 Å². The molecular weight excluding hydrogens is 246 g/mol. The Morgan fingerprint density at radius 3 is 2.67 bits per heavy atom. The molecule has 3 N–H and O–H groups in total. The maximum atomic E-state index is 11.6. The molecule has 5 heteroatoms. The number of nitrogens with zero attached hydrogens (tertiary/aromatic N) is 1. The van der Waals surface area contributed by atoms with Crippen LogP contribution in [0.1, 0.15) is 24.6 Å². The Hall–Kier alpha value is -1.75. The normalized spacial score (nSPS) is 14.7. The summed E-state index contributed by atoms with van der Waals surface area (Å²) in [6.45, 7) is 0. The molecule has 0 radical (unpaired) electrons. The predicted octanol–water partition coefficient (Wildman–Crippen LogP) is 2.38. The second-order valence-electron chi connectivity index (χ2n) is 4.41. The van der Waals surface area contributed by atoms with E-state index in [1.807, 2.05) is 24.3 Å². The molecule has 92 valence electrons. The highest BCUT2D eigenvalue weighted by Crippen LogP contribution is 2.38. The van der Waals surface area contributed by atoms with Crippen LogP contribution in [-0.4, -0.2) is 9.97 Å². The van der Waals surface area contributed by atoms with Crippen molar-refractivity contribution < 1.29 is 0 Å². The van der Waals surface area contributed by atoms with Gasteiger partial charge in [0.05, 0.1) is 0 Å². The molecule has 1 aromatic carbocycles. The Morgan fingerprint density at radius 1 is 1.28 bits per heavy atom. The maximum absolute atomic E-state index is 11.6. The van der Waals surface area contributed by atoms with Crippen LogP contribution in [-0.2, 0) is 0 Å². The Kier molecular flexibility index (Phi) is 2.83. The van der Waals surface area contributed by atoms with Gasteiger partial charge in [-0.05, 0) is 37.1 Å². The maximum Gasteiger partial charge on any atom is 0.252 e. The van der Waals surface area contributed by atoms with E-state index in [-0.39, 0.29) is 5.56 Å². The fourth-order valence-electron chi connectivity index (χ4n) is 1.71. The van der Waals surface area contributed by atoms with Crippen molar-refractivity contribution in [3.05, 3.63) is 46.5 Å². The lowest BCUT2D eigenvalue weighted by molar-refractivity contribution is 0.860. The van der Waals surface area contributed by atoms with E-state index < -0.39 is 0 Å². The molecule has 1 heterocycles. The number of aromatic amines is 1. The zero-order chi connectivity index (χ0) is 12.5. The number of anilines is 1. The van der Waals surface area contributed by atoms with Gasteiger partial charge in [0.2, 0.25) is 0 Å². The summed E-state index contributed by atoms with van der Waals surface area (Å²) >= 11 is 1.48. The van der Waals surface area contributed by atoms with Crippen molar-refractivity contribution in [3.8, 4) is 0 Å². The van der Waals surface area contributed by atoms with Gasteiger partial charge >= 0.3 is 0 Å². The first kappa shape index (κ1) is 11.3. The predicted molar refractivity (Wildman–Crippen MR) is 71.8 cm³/mol. The molecule has 1 aliphatic rings. The van der Waals surface area contributed by atoms with Crippen LogP contribution in [0.15, 0.2) is 45.0 Å². The molecule has 4 nitrogen and oxygen atoms in total. The van der Waals surface area contributed by atoms with Crippen LogP contribution >= 0.6 is 11.8 Å². The van der Waals surface area contributed by atoms with Gasteiger partial charge in [-0.15, -0.1) is 0 Å². The third-order valence-corrected chi connectivity index (χ3v) is 3.73. The number of nitrogens with two attached hydrogens (primary N) is 1. The van der Waals surface area contributed by atoms with E-state index in [1.165, 1.54) is 17.8 Å². The Morgan fingerprint density at radius 2 is 2.00 bits per heavy atom. The van der Waals surface area contributed by atoms with E-state index in [1.54, 1.807) is 0 Å². The minimum Gasteiger partial charge on any atom is -0.399 e. The van der Waals surface area contributed by atoms with Crippen LogP contribution in [0, 0.1) is 0 Å². The average molecular weight is 259 g/mol. The SMILES string of the molecule is Nc1ccc(Sc2cc(=O)[nH]c(C3CC3)n2)cc1. The van der Waals surface area contributed by atoms with Crippen LogP contribution in [0.2, 0.25) is 0 Å². The lowest BCUT2D eigenvalue weighted by Crippen LogP contribution is -2.09. The summed E-state index contributed by atoms with van der Waals surface area (Å²) in [6.07, 6.45) is 2.25. The standard InChI is InChI=1S/C13H13N3OS/c14-9-3-5-10(6-4-9)18-12-7-11(17)15-13(16-12)8-1-2-8/h3-8H,1-2,14H2,(H,15,16,17). The number of H-pyrrole nitrogens is 1. The number of nitrogen functional groups attached to an aromatic ring is 1. The summed E-state index contributed by atoms with van der Waals surface area (Å²) in [5.41, 5.74) is 6.29. The smallest absolute Gasteiger partial charge is 0.252 e.